The Morgan fingerprint density at radius 3 is 1.86 bits per heavy atom. The van der Waals surface area contributed by atoms with E-state index in [-0.39, 0.29) is 0 Å². The topological polar surface area (TPSA) is 9.23 Å². The van der Waals surface area contributed by atoms with Gasteiger partial charge in [0.25, 0.3) is 0 Å². The molecule has 1 heteroatoms. The van der Waals surface area contributed by atoms with Gasteiger partial charge in [0, 0.05) is 6.42 Å². The van der Waals surface area contributed by atoms with E-state index >= 15 is 0 Å². The van der Waals surface area contributed by atoms with Crippen LogP contribution in [-0.2, 0) is 4.74 Å². The molecular weight excluding hydrogens is 172 g/mol. The van der Waals surface area contributed by atoms with Crippen molar-refractivity contribution in [3.8, 4) is 0 Å². The number of hydrogen-bond donors (Lipinski definition) is 0. The molecule has 0 rings (SSSR count). The van der Waals surface area contributed by atoms with E-state index < -0.39 is 0 Å². The molecule has 0 amide bonds. The Bertz CT molecular complexity index is 215. The molecule has 0 aromatic heterocycles. The minimum Gasteiger partial charge on any atom is -0.501 e. The molecule has 0 spiro atoms. The highest BCUT2D eigenvalue weighted by Crippen LogP contribution is 2.28. The first-order valence-corrected chi connectivity index (χ1v) is 5.41. The summed E-state index contributed by atoms with van der Waals surface area (Å²) in [5, 5.41) is 0. The predicted molar refractivity (Wildman–Crippen MR) is 63.1 cm³/mol. The maximum atomic E-state index is 5.41. The Kier molecular flexibility index (Phi) is 5.59. The van der Waals surface area contributed by atoms with Crippen LogP contribution < -0.4 is 0 Å². The lowest BCUT2D eigenvalue weighted by molar-refractivity contribution is 0.272. The molecule has 0 saturated heterocycles. The number of ether oxygens (including phenoxy) is 1. The highest BCUT2D eigenvalue weighted by atomic mass is 16.5. The van der Waals surface area contributed by atoms with E-state index in [1.54, 1.807) is 7.11 Å². The highest BCUT2D eigenvalue weighted by molar-refractivity contribution is 5.33. The maximum absolute atomic E-state index is 5.41. The standard InChI is InChI=1S/C13H24O/c1-8-12(14-7)13(10(4)5)11(6)9(2)3/h9-10H,6,8H2,1-5,7H3/b13-12-. The molecule has 0 unspecified atom stereocenters. The molecule has 14 heavy (non-hydrogen) atoms. The fraction of sp³-hybridized carbons (Fsp3) is 0.692. The van der Waals surface area contributed by atoms with Crippen LogP contribution in [-0.4, -0.2) is 7.11 Å². The van der Waals surface area contributed by atoms with Gasteiger partial charge in [0.15, 0.2) is 0 Å². The summed E-state index contributed by atoms with van der Waals surface area (Å²) in [7, 11) is 1.74. The Morgan fingerprint density at radius 2 is 1.64 bits per heavy atom. The van der Waals surface area contributed by atoms with Gasteiger partial charge in [-0.3, -0.25) is 0 Å². The van der Waals surface area contributed by atoms with Gasteiger partial charge in [-0.1, -0.05) is 41.2 Å². The summed E-state index contributed by atoms with van der Waals surface area (Å²) < 4.78 is 5.41. The second-order valence-electron chi connectivity index (χ2n) is 4.23. The van der Waals surface area contributed by atoms with Crippen LogP contribution in [0.25, 0.3) is 0 Å². The Balaban J connectivity index is 5.12. The van der Waals surface area contributed by atoms with E-state index in [1.807, 2.05) is 0 Å². The van der Waals surface area contributed by atoms with Gasteiger partial charge in [-0.15, -0.1) is 0 Å². The molecule has 82 valence electrons. The summed E-state index contributed by atoms with van der Waals surface area (Å²) in [6.45, 7) is 15.0. The molecule has 0 aliphatic rings. The lowest BCUT2D eigenvalue weighted by Gasteiger charge is -2.21. The minimum atomic E-state index is 0.486. The molecule has 0 fully saturated rings. The normalized spacial score (nSPS) is 13.1. The molecule has 0 N–H and O–H groups in total. The number of rotatable bonds is 5. The number of hydrogen-bond acceptors (Lipinski definition) is 1. The number of allylic oxidation sites excluding steroid dienone is 3. The summed E-state index contributed by atoms with van der Waals surface area (Å²) >= 11 is 0. The second-order valence-corrected chi connectivity index (χ2v) is 4.23. The van der Waals surface area contributed by atoms with Gasteiger partial charge in [0.05, 0.1) is 12.9 Å². The van der Waals surface area contributed by atoms with Crippen molar-refractivity contribution >= 4 is 0 Å². The van der Waals surface area contributed by atoms with Crippen LogP contribution in [0.5, 0.6) is 0 Å². The third-order valence-electron chi connectivity index (χ3n) is 2.49. The first kappa shape index (κ1) is 13.3. The van der Waals surface area contributed by atoms with E-state index in [1.165, 1.54) is 11.1 Å². The lowest BCUT2D eigenvalue weighted by Crippen LogP contribution is -2.07. The zero-order chi connectivity index (χ0) is 11.3. The first-order chi connectivity index (χ1) is 6.45. The van der Waals surface area contributed by atoms with Crippen molar-refractivity contribution in [3.05, 3.63) is 23.5 Å². The van der Waals surface area contributed by atoms with E-state index in [2.05, 4.69) is 41.2 Å². The van der Waals surface area contributed by atoms with Crippen molar-refractivity contribution in [2.24, 2.45) is 11.8 Å². The van der Waals surface area contributed by atoms with E-state index in [0.717, 1.165) is 12.2 Å². The summed E-state index contributed by atoms with van der Waals surface area (Å²) in [5.41, 5.74) is 2.50. The fourth-order valence-electron chi connectivity index (χ4n) is 1.63. The summed E-state index contributed by atoms with van der Waals surface area (Å²) in [6.07, 6.45) is 0.940. The fourth-order valence-corrected chi connectivity index (χ4v) is 1.63. The van der Waals surface area contributed by atoms with Crippen LogP contribution >= 0.6 is 0 Å². The molecule has 0 bridgehead atoms. The molecule has 0 aromatic rings. The SMILES string of the molecule is C=C(/C(=C(/CC)OC)C(C)C)C(C)C. The van der Waals surface area contributed by atoms with Gasteiger partial charge >= 0.3 is 0 Å². The van der Waals surface area contributed by atoms with Crippen molar-refractivity contribution in [3.63, 3.8) is 0 Å². The van der Waals surface area contributed by atoms with Crippen molar-refractivity contribution in [2.45, 2.75) is 41.0 Å². The van der Waals surface area contributed by atoms with Crippen molar-refractivity contribution in [1.29, 1.82) is 0 Å². The summed E-state index contributed by atoms with van der Waals surface area (Å²) in [5.74, 6) is 2.06. The molecule has 0 atom stereocenters. The predicted octanol–water partition coefficient (Wildman–Crippen LogP) is 4.17. The van der Waals surface area contributed by atoms with Gasteiger partial charge in [0.1, 0.15) is 0 Å². The summed E-state index contributed by atoms with van der Waals surface area (Å²) in [4.78, 5) is 0. The Labute approximate surface area is 88.9 Å². The third-order valence-corrected chi connectivity index (χ3v) is 2.49. The van der Waals surface area contributed by atoms with Crippen LogP contribution in [0.3, 0.4) is 0 Å². The largest absolute Gasteiger partial charge is 0.501 e. The average Bonchev–Trinajstić information content (AvgIpc) is 2.12. The summed E-state index contributed by atoms with van der Waals surface area (Å²) in [6, 6.07) is 0. The molecule has 0 radical (unpaired) electrons. The molecule has 0 aliphatic carbocycles. The first-order valence-electron chi connectivity index (χ1n) is 5.41. The van der Waals surface area contributed by atoms with Crippen LogP contribution in [0, 0.1) is 11.8 Å². The zero-order valence-electron chi connectivity index (χ0n) is 10.5. The van der Waals surface area contributed by atoms with E-state index in [4.69, 9.17) is 4.74 Å². The third kappa shape index (κ3) is 3.21. The van der Waals surface area contributed by atoms with E-state index in [0.29, 0.717) is 11.8 Å². The van der Waals surface area contributed by atoms with Crippen molar-refractivity contribution in [2.75, 3.05) is 7.11 Å². The van der Waals surface area contributed by atoms with Gasteiger partial charge in [-0.25, -0.2) is 0 Å². The average molecular weight is 196 g/mol. The van der Waals surface area contributed by atoms with Gasteiger partial charge < -0.3 is 4.74 Å². The van der Waals surface area contributed by atoms with Gasteiger partial charge in [0.2, 0.25) is 0 Å². The monoisotopic (exact) mass is 196 g/mol. The maximum Gasteiger partial charge on any atom is 0.0989 e. The molecule has 0 heterocycles. The van der Waals surface area contributed by atoms with Crippen LogP contribution in [0.2, 0.25) is 0 Å². The van der Waals surface area contributed by atoms with Crippen LogP contribution in [0.1, 0.15) is 41.0 Å². The van der Waals surface area contributed by atoms with Crippen LogP contribution in [0.4, 0.5) is 0 Å². The highest BCUT2D eigenvalue weighted by Gasteiger charge is 2.15. The lowest BCUT2D eigenvalue weighted by atomic mass is 9.88. The molecule has 1 nitrogen and oxygen atoms in total. The minimum absolute atomic E-state index is 0.486. The molecule has 0 aromatic carbocycles. The smallest absolute Gasteiger partial charge is 0.0989 e. The van der Waals surface area contributed by atoms with Crippen LogP contribution in [0.15, 0.2) is 23.5 Å². The number of methoxy groups -OCH3 is 1. The molecule has 0 aliphatic heterocycles. The Hall–Kier alpha value is -0.720. The van der Waals surface area contributed by atoms with Gasteiger partial charge in [-0.2, -0.15) is 0 Å². The second kappa shape index (κ2) is 5.90. The van der Waals surface area contributed by atoms with E-state index in [9.17, 15) is 0 Å². The molecule has 0 saturated carbocycles. The van der Waals surface area contributed by atoms with Crippen molar-refractivity contribution < 1.29 is 4.74 Å². The molecular formula is C13H24O. The van der Waals surface area contributed by atoms with Crippen molar-refractivity contribution in [1.82, 2.24) is 0 Å². The zero-order valence-corrected chi connectivity index (χ0v) is 10.5. The Morgan fingerprint density at radius 1 is 1.14 bits per heavy atom. The quantitative estimate of drug-likeness (QED) is 0.474. The van der Waals surface area contributed by atoms with Gasteiger partial charge in [-0.05, 0) is 23.0 Å².